The van der Waals surface area contributed by atoms with Crippen LogP contribution < -0.4 is 10.1 Å². The van der Waals surface area contributed by atoms with Crippen LogP contribution in [0.3, 0.4) is 0 Å². The molecule has 2 aliphatic rings. The van der Waals surface area contributed by atoms with Gasteiger partial charge in [0.05, 0.1) is 25.4 Å². The van der Waals surface area contributed by atoms with Gasteiger partial charge in [-0.25, -0.2) is 0 Å². The molecule has 3 nitrogen and oxygen atoms in total. The van der Waals surface area contributed by atoms with Crippen molar-refractivity contribution in [3.63, 3.8) is 0 Å². The zero-order chi connectivity index (χ0) is 11.0. The summed E-state index contributed by atoms with van der Waals surface area (Å²) in [7, 11) is 0. The van der Waals surface area contributed by atoms with Crippen LogP contribution in [0.5, 0.6) is 5.75 Å². The average Bonchev–Trinajstić information content (AvgIpc) is 2.30. The normalized spacial score (nSPS) is 28.6. The van der Waals surface area contributed by atoms with Crippen molar-refractivity contribution in [2.24, 2.45) is 0 Å². The first kappa shape index (κ1) is 10.6. The number of hydrogen-bond donors (Lipinski definition) is 1. The molecule has 2 heterocycles. The van der Waals surface area contributed by atoms with Crippen molar-refractivity contribution in [1.29, 1.82) is 0 Å². The average molecular weight is 284 g/mol. The van der Waals surface area contributed by atoms with Gasteiger partial charge in [-0.05, 0) is 12.1 Å². The Morgan fingerprint density at radius 2 is 2.25 bits per heavy atom. The number of fused-ring (bicyclic) bond motifs is 2. The molecule has 2 aliphatic heterocycles. The predicted octanol–water partition coefficient (Wildman–Crippen LogP) is 2.05. The topological polar surface area (TPSA) is 30.5 Å². The van der Waals surface area contributed by atoms with Crippen LogP contribution in [0.4, 0.5) is 0 Å². The van der Waals surface area contributed by atoms with E-state index in [1.54, 1.807) is 0 Å². The van der Waals surface area contributed by atoms with Gasteiger partial charge in [-0.3, -0.25) is 0 Å². The Balaban J connectivity index is 2.04. The molecule has 0 aromatic heterocycles. The summed E-state index contributed by atoms with van der Waals surface area (Å²) in [4.78, 5) is 0. The van der Waals surface area contributed by atoms with Crippen LogP contribution in [0.2, 0.25) is 0 Å². The zero-order valence-electron chi connectivity index (χ0n) is 8.96. The first-order valence-electron chi connectivity index (χ1n) is 5.56. The third kappa shape index (κ3) is 1.65. The molecule has 1 aromatic rings. The maximum Gasteiger partial charge on any atom is 0.125 e. The summed E-state index contributed by atoms with van der Waals surface area (Å²) in [5.74, 6) is 0.971. The lowest BCUT2D eigenvalue weighted by molar-refractivity contribution is 0.00562. The highest BCUT2D eigenvalue weighted by molar-refractivity contribution is 9.10. The number of rotatable bonds is 0. The monoisotopic (exact) mass is 283 g/mol. The van der Waals surface area contributed by atoms with Crippen LogP contribution in [0.15, 0.2) is 22.7 Å². The van der Waals surface area contributed by atoms with E-state index >= 15 is 0 Å². The molecule has 0 saturated carbocycles. The first-order chi connectivity index (χ1) is 7.80. The lowest BCUT2D eigenvalue weighted by Crippen LogP contribution is -2.53. The van der Waals surface area contributed by atoms with Gasteiger partial charge in [0.2, 0.25) is 0 Å². The Hall–Kier alpha value is -0.580. The summed E-state index contributed by atoms with van der Waals surface area (Å²) < 4.78 is 12.4. The van der Waals surface area contributed by atoms with Crippen LogP contribution in [0, 0.1) is 0 Å². The highest BCUT2D eigenvalue weighted by atomic mass is 79.9. The fourth-order valence-corrected chi connectivity index (χ4v) is 2.81. The maximum absolute atomic E-state index is 5.71. The number of ether oxygens (including phenoxy) is 2. The van der Waals surface area contributed by atoms with E-state index in [-0.39, 0.29) is 5.54 Å². The molecule has 0 aliphatic carbocycles. The fraction of sp³-hybridized carbons (Fsp3) is 0.500. The van der Waals surface area contributed by atoms with Crippen molar-refractivity contribution in [3.8, 4) is 5.75 Å². The summed E-state index contributed by atoms with van der Waals surface area (Å²) >= 11 is 3.47. The molecule has 1 aromatic carbocycles. The third-order valence-corrected chi connectivity index (χ3v) is 3.80. The quantitative estimate of drug-likeness (QED) is 0.791. The molecule has 1 saturated heterocycles. The second-order valence-electron chi connectivity index (χ2n) is 4.30. The second-order valence-corrected chi connectivity index (χ2v) is 5.22. The zero-order valence-corrected chi connectivity index (χ0v) is 10.5. The molecule has 1 fully saturated rings. The molecular formula is C12H14BrNO2. The molecule has 1 spiro atoms. The van der Waals surface area contributed by atoms with E-state index < -0.39 is 0 Å². The van der Waals surface area contributed by atoms with Gasteiger partial charge in [0.15, 0.2) is 0 Å². The van der Waals surface area contributed by atoms with Crippen molar-refractivity contribution in [3.05, 3.63) is 28.2 Å². The minimum absolute atomic E-state index is 0.0352. The molecule has 16 heavy (non-hydrogen) atoms. The lowest BCUT2D eigenvalue weighted by Gasteiger charge is -2.42. The Morgan fingerprint density at radius 1 is 1.31 bits per heavy atom. The Morgan fingerprint density at radius 3 is 3.06 bits per heavy atom. The summed E-state index contributed by atoms with van der Waals surface area (Å²) in [6.07, 6.45) is 0.974. The van der Waals surface area contributed by atoms with E-state index in [4.69, 9.17) is 9.47 Å². The number of halogens is 1. The van der Waals surface area contributed by atoms with Crippen molar-refractivity contribution < 1.29 is 9.47 Å². The van der Waals surface area contributed by atoms with Gasteiger partial charge in [0.25, 0.3) is 0 Å². The van der Waals surface area contributed by atoms with Gasteiger partial charge in [-0.2, -0.15) is 0 Å². The van der Waals surface area contributed by atoms with Gasteiger partial charge in [-0.15, -0.1) is 0 Å². The summed E-state index contributed by atoms with van der Waals surface area (Å²) in [6, 6.07) is 6.22. The largest absolute Gasteiger partial charge is 0.493 e. The Kier molecular flexibility index (Phi) is 2.65. The smallest absolute Gasteiger partial charge is 0.125 e. The van der Waals surface area contributed by atoms with E-state index in [0.717, 1.165) is 43.0 Å². The Bertz CT molecular complexity index is 402. The predicted molar refractivity (Wildman–Crippen MR) is 64.8 cm³/mol. The van der Waals surface area contributed by atoms with Crippen molar-refractivity contribution in [2.75, 3.05) is 26.4 Å². The van der Waals surface area contributed by atoms with Gasteiger partial charge in [0.1, 0.15) is 5.75 Å². The minimum atomic E-state index is -0.0352. The molecule has 1 atom stereocenters. The number of hydrogen-bond acceptors (Lipinski definition) is 3. The lowest BCUT2D eigenvalue weighted by atomic mass is 9.84. The molecule has 0 bridgehead atoms. The van der Waals surface area contributed by atoms with Gasteiger partial charge < -0.3 is 14.8 Å². The number of morpholine rings is 1. The van der Waals surface area contributed by atoms with E-state index in [1.165, 1.54) is 5.56 Å². The Labute approximate surface area is 103 Å². The van der Waals surface area contributed by atoms with Gasteiger partial charge in [-0.1, -0.05) is 22.0 Å². The van der Waals surface area contributed by atoms with E-state index in [9.17, 15) is 0 Å². The second kappa shape index (κ2) is 4.02. The van der Waals surface area contributed by atoms with E-state index in [0.29, 0.717) is 0 Å². The molecule has 1 N–H and O–H groups in total. The molecule has 4 heteroatoms. The minimum Gasteiger partial charge on any atom is -0.493 e. The van der Waals surface area contributed by atoms with Crippen molar-refractivity contribution >= 4 is 15.9 Å². The van der Waals surface area contributed by atoms with Crippen LogP contribution in [0.25, 0.3) is 0 Å². The summed E-state index contributed by atoms with van der Waals surface area (Å²) in [5, 5.41) is 3.59. The van der Waals surface area contributed by atoms with Crippen LogP contribution in [-0.4, -0.2) is 26.4 Å². The summed E-state index contributed by atoms with van der Waals surface area (Å²) in [6.45, 7) is 3.20. The van der Waals surface area contributed by atoms with Crippen molar-refractivity contribution in [1.82, 2.24) is 5.32 Å². The van der Waals surface area contributed by atoms with Crippen LogP contribution >= 0.6 is 15.9 Å². The SMILES string of the molecule is Brc1ccc2c(c1)OCC[C@@]21COCCN1. The van der Waals surface area contributed by atoms with Gasteiger partial charge >= 0.3 is 0 Å². The van der Waals surface area contributed by atoms with E-state index in [2.05, 4.69) is 33.4 Å². The van der Waals surface area contributed by atoms with Gasteiger partial charge in [0, 0.05) is 23.0 Å². The molecule has 3 rings (SSSR count). The molecule has 0 amide bonds. The van der Waals surface area contributed by atoms with Crippen LogP contribution in [-0.2, 0) is 10.3 Å². The molecule has 0 radical (unpaired) electrons. The van der Waals surface area contributed by atoms with Crippen LogP contribution in [0.1, 0.15) is 12.0 Å². The molecular weight excluding hydrogens is 270 g/mol. The summed E-state index contributed by atoms with van der Waals surface area (Å²) in [5.41, 5.74) is 1.19. The number of nitrogens with one attached hydrogen (secondary N) is 1. The third-order valence-electron chi connectivity index (χ3n) is 3.30. The highest BCUT2D eigenvalue weighted by Gasteiger charge is 2.39. The molecule has 0 unspecified atom stereocenters. The fourth-order valence-electron chi connectivity index (χ4n) is 2.47. The van der Waals surface area contributed by atoms with Crippen molar-refractivity contribution in [2.45, 2.75) is 12.0 Å². The maximum atomic E-state index is 5.71. The first-order valence-corrected chi connectivity index (χ1v) is 6.35. The highest BCUT2D eigenvalue weighted by Crippen LogP contribution is 2.39. The van der Waals surface area contributed by atoms with E-state index in [1.807, 2.05) is 6.07 Å². The molecule has 86 valence electrons. The standard InChI is InChI=1S/C12H14BrNO2/c13-9-1-2-10-11(7-9)16-5-3-12(10)8-15-6-4-14-12/h1-2,7,14H,3-6,8H2/t12-/m1/s1. The number of benzene rings is 1.